The van der Waals surface area contributed by atoms with Gasteiger partial charge in [-0.25, -0.2) is 0 Å². The minimum atomic E-state index is 0.132. The van der Waals surface area contributed by atoms with Crippen molar-refractivity contribution in [2.45, 2.75) is 25.7 Å². The van der Waals surface area contributed by atoms with Gasteiger partial charge in [0.2, 0.25) is 0 Å². The van der Waals surface area contributed by atoms with E-state index in [1.165, 1.54) is 0 Å². The van der Waals surface area contributed by atoms with Gasteiger partial charge in [0.05, 0.1) is 77.8 Å². The summed E-state index contributed by atoms with van der Waals surface area (Å²) in [5.41, 5.74) is 10.4. The first-order chi connectivity index (χ1) is 13.6. The third-order valence-corrected chi connectivity index (χ3v) is 2.72. The lowest BCUT2D eigenvalue weighted by Gasteiger charge is -2.04. The SMILES string of the molecule is N#CCCOCCOCCC#N.N/C(CCOCCOCC/C(N)=N\O)=N\O. The molecule has 0 aromatic rings. The zero-order valence-corrected chi connectivity index (χ0v) is 16.0. The Morgan fingerprint density at radius 2 is 0.964 bits per heavy atom. The zero-order chi connectivity index (χ0) is 21.3. The fourth-order valence-electron chi connectivity index (χ4n) is 1.33. The highest BCUT2D eigenvalue weighted by Gasteiger charge is 1.95. The van der Waals surface area contributed by atoms with Crippen LogP contribution in [0.3, 0.4) is 0 Å². The lowest BCUT2D eigenvalue weighted by Crippen LogP contribution is -2.17. The van der Waals surface area contributed by atoms with Crippen molar-refractivity contribution in [2.24, 2.45) is 21.8 Å². The van der Waals surface area contributed by atoms with E-state index in [2.05, 4.69) is 10.3 Å². The Balaban J connectivity index is 0. The van der Waals surface area contributed by atoms with Gasteiger partial charge in [-0.1, -0.05) is 10.3 Å². The van der Waals surface area contributed by atoms with Crippen LogP contribution in [0.4, 0.5) is 0 Å². The van der Waals surface area contributed by atoms with E-state index in [4.69, 9.17) is 51.4 Å². The van der Waals surface area contributed by atoms with Gasteiger partial charge in [0.1, 0.15) is 11.7 Å². The molecule has 0 aromatic heterocycles. The molecule has 0 atom stereocenters. The summed E-state index contributed by atoms with van der Waals surface area (Å²) in [6.45, 7) is 3.47. The monoisotopic (exact) mass is 402 g/mol. The van der Waals surface area contributed by atoms with E-state index in [0.29, 0.717) is 78.5 Å². The largest absolute Gasteiger partial charge is 0.409 e. The number of nitrogens with two attached hydrogens (primary N) is 2. The Labute approximate surface area is 164 Å². The summed E-state index contributed by atoms with van der Waals surface area (Å²) in [6.07, 6.45) is 1.58. The first-order valence-corrected chi connectivity index (χ1v) is 8.60. The second-order valence-corrected chi connectivity index (χ2v) is 4.95. The van der Waals surface area contributed by atoms with E-state index < -0.39 is 0 Å². The molecule has 0 fully saturated rings. The Bertz CT molecular complexity index is 445. The van der Waals surface area contributed by atoms with E-state index in [-0.39, 0.29) is 11.7 Å². The summed E-state index contributed by atoms with van der Waals surface area (Å²) in [7, 11) is 0. The van der Waals surface area contributed by atoms with Gasteiger partial charge in [-0.3, -0.25) is 0 Å². The van der Waals surface area contributed by atoms with E-state index in [1.807, 2.05) is 12.1 Å². The number of rotatable bonds is 16. The molecule has 0 unspecified atom stereocenters. The number of nitrogens with zero attached hydrogens (tertiary/aromatic N) is 4. The number of ether oxygens (including phenoxy) is 4. The fourth-order valence-corrected chi connectivity index (χ4v) is 1.33. The van der Waals surface area contributed by atoms with Crippen molar-refractivity contribution < 1.29 is 29.4 Å². The molecule has 28 heavy (non-hydrogen) atoms. The molecule has 0 amide bonds. The highest BCUT2D eigenvalue weighted by atomic mass is 16.5. The number of nitriles is 2. The van der Waals surface area contributed by atoms with Crippen LogP contribution in [0.15, 0.2) is 10.3 Å². The maximum atomic E-state index is 8.22. The summed E-state index contributed by atoms with van der Waals surface area (Å²) in [4.78, 5) is 0. The molecule has 0 saturated carbocycles. The van der Waals surface area contributed by atoms with Gasteiger partial charge in [-0.15, -0.1) is 0 Å². The molecule has 0 bridgehead atoms. The number of hydrogen-bond acceptors (Lipinski definition) is 10. The molecule has 12 heteroatoms. The van der Waals surface area contributed by atoms with E-state index in [1.54, 1.807) is 0 Å². The molecular weight excluding hydrogens is 372 g/mol. The van der Waals surface area contributed by atoms with Gasteiger partial charge in [-0.05, 0) is 0 Å². The van der Waals surface area contributed by atoms with E-state index >= 15 is 0 Å². The second-order valence-electron chi connectivity index (χ2n) is 4.95. The molecule has 0 aliphatic carbocycles. The van der Waals surface area contributed by atoms with Crippen LogP contribution in [0.2, 0.25) is 0 Å². The van der Waals surface area contributed by atoms with Crippen LogP contribution in [-0.4, -0.2) is 74.9 Å². The van der Waals surface area contributed by atoms with Crippen LogP contribution < -0.4 is 11.5 Å². The predicted octanol–water partition coefficient (Wildman–Crippen LogP) is 0.140. The molecule has 0 rings (SSSR count). The second kappa shape index (κ2) is 24.4. The van der Waals surface area contributed by atoms with Crippen molar-refractivity contribution >= 4 is 11.7 Å². The molecule has 0 radical (unpaired) electrons. The lowest BCUT2D eigenvalue weighted by molar-refractivity contribution is 0.0520. The van der Waals surface area contributed by atoms with Crippen LogP contribution in [0, 0.1) is 22.7 Å². The summed E-state index contributed by atoms with van der Waals surface area (Å²) < 4.78 is 20.3. The van der Waals surface area contributed by atoms with Gasteiger partial charge >= 0.3 is 0 Å². The first-order valence-electron chi connectivity index (χ1n) is 8.60. The molecule has 0 spiro atoms. The number of hydrogen-bond donors (Lipinski definition) is 4. The smallest absolute Gasteiger partial charge is 0.141 e. The summed E-state index contributed by atoms with van der Waals surface area (Å²) >= 11 is 0. The molecule has 0 aromatic carbocycles. The topological polar surface area (TPSA) is 202 Å². The predicted molar refractivity (Wildman–Crippen MR) is 99.8 cm³/mol. The number of amidine groups is 2. The average molecular weight is 402 g/mol. The molecule has 0 aliphatic heterocycles. The highest BCUT2D eigenvalue weighted by molar-refractivity contribution is 5.79. The highest BCUT2D eigenvalue weighted by Crippen LogP contribution is 1.87. The summed E-state index contributed by atoms with van der Waals surface area (Å²) in [5.74, 6) is 0.265. The lowest BCUT2D eigenvalue weighted by atomic mass is 10.4. The fraction of sp³-hybridized carbons (Fsp3) is 0.750. The molecule has 0 heterocycles. The van der Waals surface area contributed by atoms with Crippen molar-refractivity contribution in [2.75, 3.05) is 52.9 Å². The van der Waals surface area contributed by atoms with Crippen LogP contribution in [0.25, 0.3) is 0 Å². The molecule has 12 nitrogen and oxygen atoms in total. The molecule has 0 aliphatic rings. The normalized spacial score (nSPS) is 11.2. The Morgan fingerprint density at radius 3 is 1.25 bits per heavy atom. The maximum Gasteiger partial charge on any atom is 0.141 e. The summed E-state index contributed by atoms with van der Waals surface area (Å²) in [5, 5.41) is 38.3. The minimum Gasteiger partial charge on any atom is -0.409 e. The quantitative estimate of drug-likeness (QED) is 0.0903. The Morgan fingerprint density at radius 1 is 0.643 bits per heavy atom. The average Bonchev–Trinajstić information content (AvgIpc) is 2.72. The standard InChI is InChI=1S/C8H18N4O4.C8H12N2O2/c9-7(11-13)1-3-15-5-6-16-4-2-8(10)12-14;9-3-1-5-11-7-8-12-6-2-4-10/h13-14H,1-6H2,(H2,9,11)(H2,10,12);1-2,5-8H2. The molecular formula is C16H30N6O6. The van der Waals surface area contributed by atoms with Crippen LogP contribution >= 0.6 is 0 Å². The van der Waals surface area contributed by atoms with Gasteiger partial charge < -0.3 is 40.8 Å². The van der Waals surface area contributed by atoms with Crippen molar-refractivity contribution in [3.8, 4) is 12.1 Å². The summed E-state index contributed by atoms with van der Waals surface area (Å²) in [6, 6.07) is 3.94. The van der Waals surface area contributed by atoms with Crippen molar-refractivity contribution in [1.29, 1.82) is 10.5 Å². The molecule has 160 valence electrons. The Kier molecular flexibility index (Phi) is 24.0. The van der Waals surface area contributed by atoms with Gasteiger partial charge in [0, 0.05) is 12.8 Å². The van der Waals surface area contributed by atoms with E-state index in [9.17, 15) is 0 Å². The zero-order valence-electron chi connectivity index (χ0n) is 16.0. The van der Waals surface area contributed by atoms with Gasteiger partial charge in [0.25, 0.3) is 0 Å². The number of oxime groups is 2. The minimum absolute atomic E-state index is 0.132. The van der Waals surface area contributed by atoms with Crippen molar-refractivity contribution in [1.82, 2.24) is 0 Å². The third-order valence-electron chi connectivity index (χ3n) is 2.72. The van der Waals surface area contributed by atoms with Gasteiger partial charge in [0.15, 0.2) is 0 Å². The maximum absolute atomic E-state index is 8.22. The molecule has 0 saturated heterocycles. The van der Waals surface area contributed by atoms with Crippen LogP contribution in [0.5, 0.6) is 0 Å². The van der Waals surface area contributed by atoms with Crippen molar-refractivity contribution in [3.05, 3.63) is 0 Å². The third kappa shape index (κ3) is 25.6. The molecule has 6 N–H and O–H groups in total. The van der Waals surface area contributed by atoms with Crippen molar-refractivity contribution in [3.63, 3.8) is 0 Å². The van der Waals surface area contributed by atoms with Crippen LogP contribution in [0.1, 0.15) is 25.7 Å². The van der Waals surface area contributed by atoms with Gasteiger partial charge in [-0.2, -0.15) is 10.5 Å². The van der Waals surface area contributed by atoms with Crippen LogP contribution in [-0.2, 0) is 18.9 Å². The first kappa shape index (κ1) is 27.6. The Hall–Kier alpha value is -2.64. The van der Waals surface area contributed by atoms with E-state index in [0.717, 1.165) is 0 Å².